The minimum Gasteiger partial charge on any atom is -0.467 e. The number of amides is 1. The lowest BCUT2D eigenvalue weighted by atomic mass is 9.99. The van der Waals surface area contributed by atoms with Crippen molar-refractivity contribution in [1.82, 2.24) is 10.3 Å². The van der Waals surface area contributed by atoms with Gasteiger partial charge in [-0.2, -0.15) is 0 Å². The molecule has 0 saturated heterocycles. The second kappa shape index (κ2) is 6.43. The van der Waals surface area contributed by atoms with Crippen LogP contribution in [0, 0.1) is 5.92 Å². The predicted molar refractivity (Wildman–Crippen MR) is 81.0 cm³/mol. The fourth-order valence-corrected chi connectivity index (χ4v) is 2.21. The number of H-pyrrole nitrogens is 1. The van der Waals surface area contributed by atoms with E-state index in [4.69, 9.17) is 4.74 Å². The molecule has 5 nitrogen and oxygen atoms in total. The van der Waals surface area contributed by atoms with Crippen molar-refractivity contribution in [3.05, 3.63) is 36.0 Å². The number of aromatic nitrogens is 1. The van der Waals surface area contributed by atoms with Crippen LogP contribution < -0.4 is 5.32 Å². The van der Waals surface area contributed by atoms with Crippen molar-refractivity contribution in [2.75, 3.05) is 7.11 Å². The van der Waals surface area contributed by atoms with Gasteiger partial charge in [-0.15, -0.1) is 0 Å². The Hall–Kier alpha value is -2.30. The number of para-hydroxylation sites is 1. The number of methoxy groups -OCH3 is 1. The first-order chi connectivity index (χ1) is 10.1. The molecule has 2 unspecified atom stereocenters. The largest absolute Gasteiger partial charge is 0.467 e. The minimum atomic E-state index is -0.640. The van der Waals surface area contributed by atoms with Gasteiger partial charge in [-0.05, 0) is 18.1 Å². The van der Waals surface area contributed by atoms with Crippen molar-refractivity contribution in [3.8, 4) is 0 Å². The molecule has 0 saturated carbocycles. The molecule has 0 bridgehead atoms. The lowest BCUT2D eigenvalue weighted by Crippen LogP contribution is -2.45. The summed E-state index contributed by atoms with van der Waals surface area (Å²) in [6.07, 6.45) is 0.771. The van der Waals surface area contributed by atoms with Gasteiger partial charge in [0.25, 0.3) is 5.91 Å². The molecule has 0 aliphatic rings. The van der Waals surface area contributed by atoms with Crippen molar-refractivity contribution in [1.29, 1.82) is 0 Å². The van der Waals surface area contributed by atoms with E-state index in [1.54, 1.807) is 6.07 Å². The molecule has 2 rings (SSSR count). The lowest BCUT2D eigenvalue weighted by molar-refractivity contribution is -0.144. The third-order valence-electron chi connectivity index (χ3n) is 3.73. The number of aromatic amines is 1. The van der Waals surface area contributed by atoms with Gasteiger partial charge in [0.2, 0.25) is 0 Å². The maximum absolute atomic E-state index is 12.3. The van der Waals surface area contributed by atoms with Gasteiger partial charge in [0.05, 0.1) is 7.11 Å². The number of carbonyl (C=O) groups is 2. The molecule has 0 radical (unpaired) electrons. The highest BCUT2D eigenvalue weighted by atomic mass is 16.5. The highest BCUT2D eigenvalue weighted by Crippen LogP contribution is 2.16. The molecule has 0 aliphatic carbocycles. The number of carbonyl (C=O) groups excluding carboxylic acids is 2. The summed E-state index contributed by atoms with van der Waals surface area (Å²) in [6, 6.07) is 8.77. The molecule has 5 heteroatoms. The fourth-order valence-electron chi connectivity index (χ4n) is 2.21. The minimum absolute atomic E-state index is 0.00535. The Labute approximate surface area is 123 Å². The molecule has 112 valence electrons. The second-order valence-corrected chi connectivity index (χ2v) is 5.13. The highest BCUT2D eigenvalue weighted by molar-refractivity contribution is 5.99. The van der Waals surface area contributed by atoms with E-state index < -0.39 is 12.0 Å². The molecule has 21 heavy (non-hydrogen) atoms. The average Bonchev–Trinajstić information content (AvgIpc) is 2.95. The van der Waals surface area contributed by atoms with Crippen molar-refractivity contribution in [2.45, 2.75) is 26.3 Å². The Balaban J connectivity index is 2.20. The molecule has 1 amide bonds. The first kappa shape index (κ1) is 15.1. The van der Waals surface area contributed by atoms with Crippen LogP contribution in [0.3, 0.4) is 0 Å². The quantitative estimate of drug-likeness (QED) is 0.830. The number of hydrogen-bond acceptors (Lipinski definition) is 3. The standard InChI is InChI=1S/C16H20N2O3/c1-4-10(2)14(16(20)21-3)18-15(19)13-9-11-7-5-6-8-12(11)17-13/h5-10,14,17H,4H2,1-3H3,(H,18,19). The summed E-state index contributed by atoms with van der Waals surface area (Å²) in [4.78, 5) is 27.2. The molecule has 0 spiro atoms. The molecule has 1 heterocycles. The monoisotopic (exact) mass is 288 g/mol. The molecule has 2 aromatic rings. The normalized spacial score (nSPS) is 13.7. The number of esters is 1. The van der Waals surface area contributed by atoms with Crippen molar-refractivity contribution in [3.63, 3.8) is 0 Å². The van der Waals surface area contributed by atoms with Crippen LogP contribution in [-0.2, 0) is 9.53 Å². The van der Waals surface area contributed by atoms with Crippen molar-refractivity contribution < 1.29 is 14.3 Å². The van der Waals surface area contributed by atoms with Gasteiger partial charge >= 0.3 is 5.97 Å². The summed E-state index contributed by atoms with van der Waals surface area (Å²) in [5, 5.41) is 3.71. The molecule has 2 N–H and O–H groups in total. The fraction of sp³-hybridized carbons (Fsp3) is 0.375. The van der Waals surface area contributed by atoms with E-state index in [0.29, 0.717) is 5.69 Å². The smallest absolute Gasteiger partial charge is 0.328 e. The van der Waals surface area contributed by atoms with Crippen LogP contribution in [0.5, 0.6) is 0 Å². The second-order valence-electron chi connectivity index (χ2n) is 5.13. The maximum Gasteiger partial charge on any atom is 0.328 e. The first-order valence-corrected chi connectivity index (χ1v) is 7.03. The van der Waals surface area contributed by atoms with Crippen molar-refractivity contribution >= 4 is 22.8 Å². The Bertz CT molecular complexity index is 615. The first-order valence-electron chi connectivity index (χ1n) is 7.03. The molecule has 1 aromatic carbocycles. The van der Waals surface area contributed by atoms with Gasteiger partial charge < -0.3 is 15.0 Å². The Morgan fingerprint density at radius 2 is 2.05 bits per heavy atom. The zero-order valence-corrected chi connectivity index (χ0v) is 12.5. The zero-order valence-electron chi connectivity index (χ0n) is 12.5. The Morgan fingerprint density at radius 3 is 2.67 bits per heavy atom. The van der Waals surface area contributed by atoms with Crippen LogP contribution in [-0.4, -0.2) is 30.0 Å². The topological polar surface area (TPSA) is 71.2 Å². The highest BCUT2D eigenvalue weighted by Gasteiger charge is 2.27. The van der Waals surface area contributed by atoms with E-state index in [0.717, 1.165) is 17.3 Å². The van der Waals surface area contributed by atoms with Gasteiger partial charge in [-0.25, -0.2) is 4.79 Å². The summed E-state index contributed by atoms with van der Waals surface area (Å²) in [6.45, 7) is 3.88. The zero-order chi connectivity index (χ0) is 15.4. The van der Waals surface area contributed by atoms with Gasteiger partial charge in [0, 0.05) is 10.9 Å². The third-order valence-corrected chi connectivity index (χ3v) is 3.73. The summed E-state index contributed by atoms with van der Waals surface area (Å²) in [7, 11) is 1.33. The molecule has 1 aromatic heterocycles. The van der Waals surface area contributed by atoms with E-state index in [1.807, 2.05) is 38.1 Å². The van der Waals surface area contributed by atoms with Crippen LogP contribution in [0.1, 0.15) is 30.8 Å². The van der Waals surface area contributed by atoms with Crippen LogP contribution >= 0.6 is 0 Å². The number of hydrogen-bond donors (Lipinski definition) is 2. The van der Waals surface area contributed by atoms with Crippen LogP contribution in [0.4, 0.5) is 0 Å². The van der Waals surface area contributed by atoms with Gasteiger partial charge in [-0.3, -0.25) is 4.79 Å². The summed E-state index contributed by atoms with van der Waals surface area (Å²) < 4.78 is 4.77. The van der Waals surface area contributed by atoms with E-state index in [9.17, 15) is 9.59 Å². The number of ether oxygens (including phenoxy) is 1. The SMILES string of the molecule is CCC(C)C(NC(=O)c1cc2ccccc2[nH]1)C(=O)OC. The van der Waals surface area contributed by atoms with Crippen LogP contribution in [0.25, 0.3) is 10.9 Å². The number of fused-ring (bicyclic) bond motifs is 1. The molecule has 0 aliphatic heterocycles. The maximum atomic E-state index is 12.3. The van der Waals surface area contributed by atoms with Crippen LogP contribution in [0.2, 0.25) is 0 Å². The predicted octanol–water partition coefficient (Wildman–Crippen LogP) is 2.49. The summed E-state index contributed by atoms with van der Waals surface area (Å²) >= 11 is 0. The number of rotatable bonds is 5. The van der Waals surface area contributed by atoms with Gasteiger partial charge in [0.15, 0.2) is 0 Å². The van der Waals surface area contributed by atoms with Crippen molar-refractivity contribution in [2.24, 2.45) is 5.92 Å². The number of benzene rings is 1. The van der Waals surface area contributed by atoms with Gasteiger partial charge in [-0.1, -0.05) is 38.5 Å². The molecule has 0 fully saturated rings. The summed E-state index contributed by atoms with van der Waals surface area (Å²) in [5.74, 6) is -0.721. The molecular weight excluding hydrogens is 268 g/mol. The van der Waals surface area contributed by atoms with E-state index in [-0.39, 0.29) is 11.8 Å². The molecular formula is C16H20N2O3. The van der Waals surface area contributed by atoms with E-state index in [2.05, 4.69) is 10.3 Å². The van der Waals surface area contributed by atoms with E-state index in [1.165, 1.54) is 7.11 Å². The Morgan fingerprint density at radius 1 is 1.33 bits per heavy atom. The van der Waals surface area contributed by atoms with Gasteiger partial charge in [0.1, 0.15) is 11.7 Å². The van der Waals surface area contributed by atoms with Crippen LogP contribution in [0.15, 0.2) is 30.3 Å². The molecule has 2 atom stereocenters. The Kier molecular flexibility index (Phi) is 4.62. The average molecular weight is 288 g/mol. The van der Waals surface area contributed by atoms with E-state index >= 15 is 0 Å². The summed E-state index contributed by atoms with van der Waals surface area (Å²) in [5.41, 5.74) is 1.33. The lowest BCUT2D eigenvalue weighted by Gasteiger charge is -2.21. The number of nitrogens with one attached hydrogen (secondary N) is 2. The third kappa shape index (κ3) is 3.24.